The molecule has 0 aromatic heterocycles. The molecule has 5 rings (SSSR count). The summed E-state index contributed by atoms with van der Waals surface area (Å²) in [5.74, 6) is 1.19. The molecule has 28 heavy (non-hydrogen) atoms. The average Bonchev–Trinajstić information content (AvgIpc) is 2.94. The highest BCUT2D eigenvalue weighted by atomic mass is 16.6. The van der Waals surface area contributed by atoms with Gasteiger partial charge in [-0.15, -0.1) is 0 Å². The van der Waals surface area contributed by atoms with Crippen molar-refractivity contribution in [2.24, 2.45) is 0 Å². The predicted octanol–water partition coefficient (Wildman–Crippen LogP) is 5.39. The van der Waals surface area contributed by atoms with Crippen molar-refractivity contribution in [2.75, 3.05) is 0 Å². The highest BCUT2D eigenvalue weighted by molar-refractivity contribution is 5.97. The number of hydrogen-bond acceptors (Lipinski definition) is 4. The molecule has 1 N–H and O–H groups in total. The molecule has 140 valence electrons. The van der Waals surface area contributed by atoms with Crippen molar-refractivity contribution in [3.8, 4) is 17.2 Å². The lowest BCUT2D eigenvalue weighted by atomic mass is 9.77. The number of rotatable bonds is 1. The molecule has 0 radical (unpaired) electrons. The van der Waals surface area contributed by atoms with Gasteiger partial charge in [0.25, 0.3) is 0 Å². The zero-order valence-electron chi connectivity index (χ0n) is 15.9. The Morgan fingerprint density at radius 3 is 2.32 bits per heavy atom. The molecule has 1 spiro atoms. The van der Waals surface area contributed by atoms with E-state index in [4.69, 9.17) is 9.47 Å². The van der Waals surface area contributed by atoms with Crippen LogP contribution in [0.2, 0.25) is 0 Å². The topological polar surface area (TPSA) is 55.8 Å². The Hall–Kier alpha value is -3.27. The summed E-state index contributed by atoms with van der Waals surface area (Å²) >= 11 is 0. The molecule has 0 fully saturated rings. The minimum Gasteiger partial charge on any atom is -0.508 e. The zero-order chi connectivity index (χ0) is 19.6. The lowest BCUT2D eigenvalue weighted by molar-refractivity contribution is 0.0224. The molecule has 0 amide bonds. The van der Waals surface area contributed by atoms with E-state index in [0.29, 0.717) is 28.5 Å². The van der Waals surface area contributed by atoms with Crippen LogP contribution in [0.1, 0.15) is 57.9 Å². The SMILES string of the molecule is Cc1ccc2c(c1)Oc1cc(O)ccc1C21OC(=O)c2cc(C(C)C)ccc21. The molecule has 2 heterocycles. The average molecular weight is 372 g/mol. The van der Waals surface area contributed by atoms with E-state index in [9.17, 15) is 9.90 Å². The Kier molecular flexibility index (Phi) is 3.38. The molecule has 1 atom stereocenters. The standard InChI is InChI=1S/C24H20O4/c1-13(2)15-5-8-18-17(11-15)23(26)28-24(18)19-7-4-14(3)10-21(19)27-22-12-16(25)6-9-20(22)24/h4-13,25H,1-3H3. The van der Waals surface area contributed by atoms with Crippen LogP contribution in [-0.4, -0.2) is 11.1 Å². The Morgan fingerprint density at radius 1 is 0.893 bits per heavy atom. The summed E-state index contributed by atoms with van der Waals surface area (Å²) in [6, 6.07) is 16.8. The third-order valence-electron chi connectivity index (χ3n) is 5.64. The van der Waals surface area contributed by atoms with Gasteiger partial charge in [-0.2, -0.15) is 0 Å². The molecule has 1 unspecified atom stereocenters. The number of benzene rings is 3. The van der Waals surface area contributed by atoms with Crippen LogP contribution in [0.5, 0.6) is 17.2 Å². The van der Waals surface area contributed by atoms with Crippen molar-refractivity contribution in [1.29, 1.82) is 0 Å². The van der Waals surface area contributed by atoms with E-state index in [-0.39, 0.29) is 11.7 Å². The highest BCUT2D eigenvalue weighted by Gasteiger charge is 2.53. The monoisotopic (exact) mass is 372 g/mol. The molecule has 0 saturated carbocycles. The first kappa shape index (κ1) is 16.9. The van der Waals surface area contributed by atoms with E-state index in [1.54, 1.807) is 18.2 Å². The van der Waals surface area contributed by atoms with Gasteiger partial charge in [0.1, 0.15) is 17.2 Å². The molecule has 4 heteroatoms. The first-order chi connectivity index (χ1) is 13.4. The number of aromatic hydroxyl groups is 1. The van der Waals surface area contributed by atoms with E-state index in [1.807, 2.05) is 37.3 Å². The van der Waals surface area contributed by atoms with Crippen LogP contribution >= 0.6 is 0 Å². The van der Waals surface area contributed by atoms with E-state index in [0.717, 1.165) is 22.3 Å². The van der Waals surface area contributed by atoms with Gasteiger partial charge >= 0.3 is 5.97 Å². The molecule has 2 aliphatic rings. The smallest absolute Gasteiger partial charge is 0.340 e. The van der Waals surface area contributed by atoms with E-state index in [2.05, 4.69) is 19.9 Å². The summed E-state index contributed by atoms with van der Waals surface area (Å²) in [5, 5.41) is 9.98. The maximum atomic E-state index is 13.0. The van der Waals surface area contributed by atoms with Crippen molar-refractivity contribution in [2.45, 2.75) is 32.3 Å². The van der Waals surface area contributed by atoms with Crippen LogP contribution in [0.25, 0.3) is 0 Å². The Balaban J connectivity index is 1.85. The van der Waals surface area contributed by atoms with Gasteiger partial charge in [0, 0.05) is 22.8 Å². The summed E-state index contributed by atoms with van der Waals surface area (Å²) < 4.78 is 12.2. The first-order valence-electron chi connectivity index (χ1n) is 9.40. The number of fused-ring (bicyclic) bond motifs is 6. The number of esters is 1. The number of ether oxygens (including phenoxy) is 2. The maximum absolute atomic E-state index is 13.0. The molecule has 0 saturated heterocycles. The third kappa shape index (κ3) is 2.15. The summed E-state index contributed by atoms with van der Waals surface area (Å²) in [7, 11) is 0. The van der Waals surface area contributed by atoms with Gasteiger partial charge in [-0.05, 0) is 48.2 Å². The molecule has 0 bridgehead atoms. The summed E-state index contributed by atoms with van der Waals surface area (Å²) in [6.45, 7) is 6.18. The highest BCUT2D eigenvalue weighted by Crippen LogP contribution is 2.56. The minimum absolute atomic E-state index is 0.102. The summed E-state index contributed by atoms with van der Waals surface area (Å²) in [4.78, 5) is 13.0. The number of carbonyl (C=O) groups is 1. The van der Waals surface area contributed by atoms with Crippen LogP contribution in [-0.2, 0) is 10.3 Å². The molecular weight excluding hydrogens is 352 g/mol. The molecule has 3 aromatic rings. The van der Waals surface area contributed by atoms with Gasteiger partial charge in [-0.25, -0.2) is 4.79 Å². The molecule has 4 nitrogen and oxygen atoms in total. The van der Waals surface area contributed by atoms with Crippen LogP contribution < -0.4 is 4.74 Å². The third-order valence-corrected chi connectivity index (χ3v) is 5.64. The first-order valence-corrected chi connectivity index (χ1v) is 9.40. The fourth-order valence-electron chi connectivity index (χ4n) is 4.20. The number of aryl methyl sites for hydroxylation is 1. The summed E-state index contributed by atoms with van der Waals surface area (Å²) in [5.41, 5.74) is 3.95. The number of hydrogen-bond donors (Lipinski definition) is 1. The van der Waals surface area contributed by atoms with Crippen LogP contribution in [0.15, 0.2) is 54.6 Å². The Bertz CT molecular complexity index is 1090. The second kappa shape index (κ2) is 5.61. The van der Waals surface area contributed by atoms with Crippen molar-refractivity contribution in [3.05, 3.63) is 88.0 Å². The maximum Gasteiger partial charge on any atom is 0.340 e. The lowest BCUT2D eigenvalue weighted by Crippen LogP contribution is -2.33. The minimum atomic E-state index is -1.08. The van der Waals surface area contributed by atoms with Crippen molar-refractivity contribution in [3.63, 3.8) is 0 Å². The molecule has 2 aliphatic heterocycles. The Morgan fingerprint density at radius 2 is 1.57 bits per heavy atom. The molecule has 0 aliphatic carbocycles. The van der Waals surface area contributed by atoms with Crippen LogP contribution in [0.4, 0.5) is 0 Å². The number of phenols is 1. The lowest BCUT2D eigenvalue weighted by Gasteiger charge is -2.36. The number of carbonyl (C=O) groups excluding carboxylic acids is 1. The fourth-order valence-corrected chi connectivity index (χ4v) is 4.20. The molecular formula is C24H20O4. The van der Waals surface area contributed by atoms with Crippen molar-refractivity contribution >= 4 is 5.97 Å². The second-order valence-corrected chi connectivity index (χ2v) is 7.81. The van der Waals surface area contributed by atoms with Gasteiger partial charge in [0.05, 0.1) is 5.56 Å². The normalized spacial score (nSPS) is 19.1. The zero-order valence-corrected chi connectivity index (χ0v) is 15.9. The van der Waals surface area contributed by atoms with E-state index < -0.39 is 5.60 Å². The van der Waals surface area contributed by atoms with Crippen molar-refractivity contribution < 1.29 is 19.4 Å². The van der Waals surface area contributed by atoms with Crippen LogP contribution in [0, 0.1) is 6.92 Å². The summed E-state index contributed by atoms with van der Waals surface area (Å²) in [6.07, 6.45) is 0. The molecule has 3 aromatic carbocycles. The largest absolute Gasteiger partial charge is 0.508 e. The Labute approximate surface area is 163 Å². The van der Waals surface area contributed by atoms with Gasteiger partial charge < -0.3 is 14.6 Å². The van der Waals surface area contributed by atoms with E-state index >= 15 is 0 Å². The van der Waals surface area contributed by atoms with E-state index in [1.165, 1.54) is 0 Å². The van der Waals surface area contributed by atoms with Gasteiger partial charge in [-0.3, -0.25) is 0 Å². The van der Waals surface area contributed by atoms with Crippen LogP contribution in [0.3, 0.4) is 0 Å². The quantitative estimate of drug-likeness (QED) is 0.582. The predicted molar refractivity (Wildman–Crippen MR) is 105 cm³/mol. The van der Waals surface area contributed by atoms with Crippen molar-refractivity contribution in [1.82, 2.24) is 0 Å². The van der Waals surface area contributed by atoms with Gasteiger partial charge in [-0.1, -0.05) is 38.1 Å². The second-order valence-electron chi connectivity index (χ2n) is 7.81. The van der Waals surface area contributed by atoms with Gasteiger partial charge in [0.15, 0.2) is 5.60 Å². The number of phenolic OH excluding ortho intramolecular Hbond substituents is 1. The van der Waals surface area contributed by atoms with Gasteiger partial charge in [0.2, 0.25) is 0 Å². The fraction of sp³-hybridized carbons (Fsp3) is 0.208.